The number of fused-ring (bicyclic) bond motifs is 4. The Morgan fingerprint density at radius 3 is 1.67 bits per heavy atom. The summed E-state index contributed by atoms with van der Waals surface area (Å²) < 4.78 is 0. The molecular weight excluding hydrogens is 288 g/mol. The van der Waals surface area contributed by atoms with Crippen LogP contribution < -0.4 is 0 Å². The topological polar surface area (TPSA) is 0 Å². The molecule has 24 heavy (non-hydrogen) atoms. The van der Waals surface area contributed by atoms with Crippen molar-refractivity contribution < 1.29 is 0 Å². The van der Waals surface area contributed by atoms with Crippen molar-refractivity contribution in [2.75, 3.05) is 0 Å². The van der Waals surface area contributed by atoms with Gasteiger partial charge in [0, 0.05) is 35.5 Å². The van der Waals surface area contributed by atoms with E-state index in [1.54, 1.807) is 0 Å². The molecule has 0 aromatic heterocycles. The van der Waals surface area contributed by atoms with Crippen LogP contribution >= 0.6 is 0 Å². The summed E-state index contributed by atoms with van der Waals surface area (Å²) in [4.78, 5) is 0. The Morgan fingerprint density at radius 2 is 1.00 bits per heavy atom. The van der Waals surface area contributed by atoms with Crippen LogP contribution in [0.4, 0.5) is 0 Å². The molecule has 5 aliphatic carbocycles. The van der Waals surface area contributed by atoms with E-state index in [0.717, 1.165) is 12.8 Å². The summed E-state index contributed by atoms with van der Waals surface area (Å²) in [5, 5.41) is 0. The quantitative estimate of drug-likeness (QED) is 0.674. The molecular formula is C24H18. The van der Waals surface area contributed by atoms with Gasteiger partial charge in [-0.3, -0.25) is 0 Å². The Morgan fingerprint density at radius 1 is 0.458 bits per heavy atom. The first-order valence-electron chi connectivity index (χ1n) is 8.60. The van der Waals surface area contributed by atoms with Crippen molar-refractivity contribution in [3.63, 3.8) is 0 Å². The molecule has 5 aliphatic rings. The van der Waals surface area contributed by atoms with Gasteiger partial charge in [0.05, 0.1) is 0 Å². The standard InChI is InChI=1S/C24H18/c1-2-8-19-17(7-1)13-14-18(19)15-16-24-22-11-5-3-9-20(22)21-10-4-6-12-23(21)24/h1-14H,15-16H2. The lowest BCUT2D eigenvalue weighted by atomic mass is 9.77. The van der Waals surface area contributed by atoms with Crippen molar-refractivity contribution in [2.45, 2.75) is 12.8 Å². The first kappa shape index (κ1) is 14.8. The van der Waals surface area contributed by atoms with Gasteiger partial charge in [0.2, 0.25) is 0 Å². The summed E-state index contributed by atoms with van der Waals surface area (Å²) in [6.45, 7) is 0. The Balaban J connectivity index is 1.31. The van der Waals surface area contributed by atoms with Gasteiger partial charge < -0.3 is 0 Å². The maximum absolute atomic E-state index is 2.29. The highest BCUT2D eigenvalue weighted by atomic mass is 14.5. The molecule has 0 nitrogen and oxygen atoms in total. The summed E-state index contributed by atoms with van der Waals surface area (Å²) in [7, 11) is 0. The SMILES string of the molecule is [CH]1[CH][C](CC[C]2[C]3C=CC=C[C]3[C]3C=CC=C[C]32)[C]2C=CC=C[C]12. The lowest BCUT2D eigenvalue weighted by Gasteiger charge is -2.25. The molecule has 0 atom stereocenters. The Bertz CT molecular complexity index is 622. The fourth-order valence-corrected chi connectivity index (χ4v) is 4.07. The van der Waals surface area contributed by atoms with Crippen molar-refractivity contribution in [1.82, 2.24) is 0 Å². The summed E-state index contributed by atoms with van der Waals surface area (Å²) in [6.07, 6.45) is 33.0. The van der Waals surface area contributed by atoms with Gasteiger partial charge in [-0.05, 0) is 37.5 Å². The molecule has 5 rings (SSSR count). The number of hydrogen-bond donors (Lipinski definition) is 0. The van der Waals surface area contributed by atoms with Crippen molar-refractivity contribution in [2.24, 2.45) is 0 Å². The lowest BCUT2D eigenvalue weighted by Crippen LogP contribution is -2.14. The van der Waals surface area contributed by atoms with E-state index in [0.29, 0.717) is 0 Å². The van der Waals surface area contributed by atoms with E-state index in [-0.39, 0.29) is 0 Å². The van der Waals surface area contributed by atoms with Crippen LogP contribution in [-0.4, -0.2) is 0 Å². The minimum absolute atomic E-state index is 1.09. The molecule has 0 unspecified atom stereocenters. The van der Waals surface area contributed by atoms with Crippen LogP contribution in [0.25, 0.3) is 0 Å². The fourth-order valence-electron chi connectivity index (χ4n) is 4.07. The highest BCUT2D eigenvalue weighted by Crippen LogP contribution is 2.59. The van der Waals surface area contributed by atoms with Crippen LogP contribution in [-0.2, 0) is 0 Å². The third-order valence-electron chi connectivity index (χ3n) is 5.21. The van der Waals surface area contributed by atoms with Crippen LogP contribution in [0.15, 0.2) is 72.9 Å². The number of allylic oxidation sites excluding steroid dienone is 12. The number of hydrogen-bond acceptors (Lipinski definition) is 0. The molecule has 0 spiro atoms. The molecule has 0 aromatic rings. The van der Waals surface area contributed by atoms with Crippen LogP contribution in [0.2, 0.25) is 0 Å². The minimum Gasteiger partial charge on any atom is -0.0762 e. The minimum atomic E-state index is 1.09. The normalized spacial score (nSPS) is 29.0. The largest absolute Gasteiger partial charge is 0.0762 e. The zero-order chi connectivity index (χ0) is 15.9. The highest BCUT2D eigenvalue weighted by Gasteiger charge is 2.49. The van der Waals surface area contributed by atoms with E-state index in [9.17, 15) is 0 Å². The Kier molecular flexibility index (Phi) is 3.73. The predicted molar refractivity (Wildman–Crippen MR) is 98.6 cm³/mol. The van der Waals surface area contributed by atoms with Crippen LogP contribution in [0.3, 0.4) is 0 Å². The lowest BCUT2D eigenvalue weighted by molar-refractivity contribution is 0.774. The molecule has 10 radical (unpaired) electrons. The van der Waals surface area contributed by atoms with Gasteiger partial charge in [-0.1, -0.05) is 72.9 Å². The first-order chi connectivity index (χ1) is 11.9. The zero-order valence-electron chi connectivity index (χ0n) is 13.5. The molecule has 0 aromatic carbocycles. The third-order valence-corrected chi connectivity index (χ3v) is 5.21. The molecule has 114 valence electrons. The van der Waals surface area contributed by atoms with Gasteiger partial charge in [-0.2, -0.15) is 0 Å². The Hall–Kier alpha value is -1.56. The van der Waals surface area contributed by atoms with E-state index in [1.807, 2.05) is 0 Å². The van der Waals surface area contributed by atoms with Crippen molar-refractivity contribution in [1.29, 1.82) is 0 Å². The first-order valence-corrected chi connectivity index (χ1v) is 8.60. The van der Waals surface area contributed by atoms with Crippen molar-refractivity contribution in [3.8, 4) is 0 Å². The monoisotopic (exact) mass is 306 g/mol. The molecule has 0 bridgehead atoms. The maximum atomic E-state index is 2.29. The van der Waals surface area contributed by atoms with E-state index < -0.39 is 0 Å². The van der Waals surface area contributed by atoms with Gasteiger partial charge in [-0.25, -0.2) is 0 Å². The van der Waals surface area contributed by atoms with Gasteiger partial charge in [0.25, 0.3) is 0 Å². The second-order valence-corrected chi connectivity index (χ2v) is 6.52. The molecule has 0 N–H and O–H groups in total. The summed E-state index contributed by atoms with van der Waals surface area (Å²) in [6, 6.07) is 0. The summed E-state index contributed by atoms with van der Waals surface area (Å²) >= 11 is 0. The number of rotatable bonds is 3. The third kappa shape index (κ3) is 2.34. The average Bonchev–Trinajstić information content (AvgIpc) is 3.19. The average molecular weight is 306 g/mol. The van der Waals surface area contributed by atoms with Crippen LogP contribution in [0.5, 0.6) is 0 Å². The van der Waals surface area contributed by atoms with Crippen LogP contribution in [0, 0.1) is 60.2 Å². The van der Waals surface area contributed by atoms with E-state index in [1.165, 1.54) is 47.3 Å². The zero-order valence-corrected chi connectivity index (χ0v) is 13.5. The molecule has 0 saturated heterocycles. The molecule has 0 heterocycles. The molecule has 2 saturated carbocycles. The smallest absolute Gasteiger partial charge is 0.0209 e. The van der Waals surface area contributed by atoms with Crippen molar-refractivity contribution >= 4 is 0 Å². The Labute approximate surface area is 146 Å². The van der Waals surface area contributed by atoms with Crippen LogP contribution in [0.1, 0.15) is 12.8 Å². The fraction of sp³-hybridized carbons (Fsp3) is 0.0833. The van der Waals surface area contributed by atoms with E-state index >= 15 is 0 Å². The molecule has 2 fully saturated rings. The van der Waals surface area contributed by atoms with E-state index in [4.69, 9.17) is 0 Å². The molecule has 0 amide bonds. The molecule has 0 aliphatic heterocycles. The maximum Gasteiger partial charge on any atom is 0.0209 e. The summed E-state index contributed by atoms with van der Waals surface area (Å²) in [5.41, 5.74) is 0. The predicted octanol–water partition coefficient (Wildman–Crippen LogP) is 5.18. The van der Waals surface area contributed by atoms with Gasteiger partial charge >= 0.3 is 0 Å². The van der Waals surface area contributed by atoms with Gasteiger partial charge in [-0.15, -0.1) is 0 Å². The van der Waals surface area contributed by atoms with E-state index in [2.05, 4.69) is 85.8 Å². The highest BCUT2D eigenvalue weighted by molar-refractivity contribution is 5.76. The second kappa shape index (κ2) is 6.06. The second-order valence-electron chi connectivity index (χ2n) is 6.52. The van der Waals surface area contributed by atoms with Crippen molar-refractivity contribution in [3.05, 3.63) is 133 Å². The van der Waals surface area contributed by atoms with Gasteiger partial charge in [0.15, 0.2) is 0 Å². The summed E-state index contributed by atoms with van der Waals surface area (Å²) in [5.74, 6) is 11.3. The van der Waals surface area contributed by atoms with Gasteiger partial charge in [0.1, 0.15) is 0 Å². The molecule has 0 heteroatoms.